The van der Waals surface area contributed by atoms with E-state index >= 15 is 0 Å². The third-order valence-electron chi connectivity index (χ3n) is 3.33. The van der Waals surface area contributed by atoms with Crippen LogP contribution in [0.1, 0.15) is 29.8 Å². The Morgan fingerprint density at radius 3 is 2.52 bits per heavy atom. The predicted octanol–water partition coefficient (Wildman–Crippen LogP) is 4.15. The number of hydrogen-bond donors (Lipinski definition) is 1. The molecule has 1 aromatic carbocycles. The van der Waals surface area contributed by atoms with E-state index < -0.39 is 0 Å². The van der Waals surface area contributed by atoms with Crippen LogP contribution >= 0.6 is 23.4 Å². The van der Waals surface area contributed by atoms with Gasteiger partial charge >= 0.3 is 0 Å². The van der Waals surface area contributed by atoms with Gasteiger partial charge < -0.3 is 5.32 Å². The van der Waals surface area contributed by atoms with E-state index in [-0.39, 0.29) is 0 Å². The normalized spacial score (nSPS) is 14.4. The summed E-state index contributed by atoms with van der Waals surface area (Å²) in [5, 5.41) is 5.00. The van der Waals surface area contributed by atoms with E-state index in [0.29, 0.717) is 6.04 Å². The fourth-order valence-corrected chi connectivity index (χ4v) is 3.31. The van der Waals surface area contributed by atoms with E-state index in [9.17, 15) is 0 Å². The molecule has 0 spiro atoms. The average molecular weight is 320 g/mol. The summed E-state index contributed by atoms with van der Waals surface area (Å²) >= 11 is 7.90. The maximum absolute atomic E-state index is 6.39. The zero-order chi connectivity index (χ0) is 14.8. The van der Waals surface area contributed by atoms with Gasteiger partial charge in [0, 0.05) is 28.9 Å². The second-order valence-electron chi connectivity index (χ2n) is 5.46. The first-order valence-electron chi connectivity index (χ1n) is 7.12. The van der Waals surface area contributed by atoms with Gasteiger partial charge in [0.1, 0.15) is 0 Å². The number of halogens is 1. The number of nitrogens with zero attached hydrogens (tertiary/aromatic N) is 2. The highest BCUT2D eigenvalue weighted by atomic mass is 35.5. The first-order chi connectivity index (χ1) is 10.1. The third-order valence-corrected chi connectivity index (χ3v) is 4.70. The third kappa shape index (κ3) is 4.19. The molecule has 0 aliphatic heterocycles. The molecule has 0 bridgehead atoms. The molecule has 2 aromatic rings. The fraction of sp³-hybridized carbons (Fsp3) is 0.375. The molecule has 0 saturated heterocycles. The van der Waals surface area contributed by atoms with Crippen molar-refractivity contribution in [1.29, 1.82) is 0 Å². The molecular formula is C16H18ClN3S. The Bertz CT molecular complexity index is 636. The lowest BCUT2D eigenvalue weighted by atomic mass is 10.2. The first kappa shape index (κ1) is 14.8. The van der Waals surface area contributed by atoms with Crippen LogP contribution < -0.4 is 5.32 Å². The Morgan fingerprint density at radius 1 is 1.19 bits per heavy atom. The number of nitrogens with one attached hydrogen (secondary N) is 1. The van der Waals surface area contributed by atoms with Gasteiger partial charge in [-0.1, -0.05) is 17.7 Å². The molecular weight excluding hydrogens is 302 g/mol. The molecule has 0 radical (unpaired) electrons. The number of hydrogen-bond acceptors (Lipinski definition) is 4. The quantitative estimate of drug-likeness (QED) is 0.840. The van der Waals surface area contributed by atoms with Crippen LogP contribution in [-0.2, 0) is 6.54 Å². The fourth-order valence-electron chi connectivity index (χ4n) is 2.12. The van der Waals surface area contributed by atoms with Crippen LogP contribution in [0.25, 0.3) is 0 Å². The van der Waals surface area contributed by atoms with Crippen molar-refractivity contribution in [2.75, 3.05) is 0 Å². The van der Waals surface area contributed by atoms with E-state index in [1.807, 2.05) is 26.0 Å². The molecule has 1 heterocycles. The van der Waals surface area contributed by atoms with Crippen LogP contribution in [0.2, 0.25) is 5.02 Å². The van der Waals surface area contributed by atoms with Crippen molar-refractivity contribution in [2.45, 2.75) is 49.3 Å². The Labute approximate surface area is 134 Å². The Balaban J connectivity index is 1.72. The van der Waals surface area contributed by atoms with E-state index in [1.54, 1.807) is 0 Å². The minimum Gasteiger partial charge on any atom is -0.310 e. The summed E-state index contributed by atoms with van der Waals surface area (Å²) in [6.07, 6.45) is 2.59. The van der Waals surface area contributed by atoms with Crippen LogP contribution in [0.15, 0.2) is 34.3 Å². The number of aryl methyl sites for hydroxylation is 2. The summed E-state index contributed by atoms with van der Waals surface area (Å²) in [6.45, 7) is 4.84. The Hall–Kier alpha value is -1.10. The Morgan fingerprint density at radius 2 is 1.90 bits per heavy atom. The molecule has 110 valence electrons. The van der Waals surface area contributed by atoms with Crippen LogP contribution in [-0.4, -0.2) is 16.0 Å². The van der Waals surface area contributed by atoms with Crippen LogP contribution in [0.4, 0.5) is 0 Å². The molecule has 0 unspecified atom stereocenters. The summed E-state index contributed by atoms with van der Waals surface area (Å²) in [6, 6.07) is 8.88. The monoisotopic (exact) mass is 319 g/mol. The van der Waals surface area contributed by atoms with Crippen LogP contribution in [0, 0.1) is 13.8 Å². The SMILES string of the molecule is Cc1cc(C)nc(Sc2ccc(CNC3CC3)cc2Cl)n1. The predicted molar refractivity (Wildman–Crippen MR) is 86.9 cm³/mol. The second-order valence-corrected chi connectivity index (χ2v) is 6.87. The molecule has 1 saturated carbocycles. The minimum atomic E-state index is 0.710. The van der Waals surface area contributed by atoms with Gasteiger partial charge in [0.2, 0.25) is 0 Å². The number of rotatable bonds is 5. The molecule has 1 aliphatic rings. The van der Waals surface area contributed by atoms with Gasteiger partial charge in [-0.05, 0) is 62.2 Å². The van der Waals surface area contributed by atoms with Gasteiger partial charge in [-0.25, -0.2) is 9.97 Å². The van der Waals surface area contributed by atoms with Gasteiger partial charge in [-0.3, -0.25) is 0 Å². The average Bonchev–Trinajstić information content (AvgIpc) is 3.22. The van der Waals surface area contributed by atoms with Crippen molar-refractivity contribution in [2.24, 2.45) is 0 Å². The highest BCUT2D eigenvalue weighted by Crippen LogP contribution is 2.32. The molecule has 1 N–H and O–H groups in total. The molecule has 1 aliphatic carbocycles. The lowest BCUT2D eigenvalue weighted by molar-refractivity contribution is 0.687. The zero-order valence-electron chi connectivity index (χ0n) is 12.2. The number of aromatic nitrogens is 2. The van der Waals surface area contributed by atoms with Crippen molar-refractivity contribution in [3.05, 3.63) is 46.2 Å². The van der Waals surface area contributed by atoms with Crippen molar-refractivity contribution >= 4 is 23.4 Å². The lowest BCUT2D eigenvalue weighted by Gasteiger charge is -2.08. The Kier molecular flexibility index (Phi) is 4.48. The standard InChI is InChI=1S/C16H18ClN3S/c1-10-7-11(2)20-16(19-10)21-15-6-3-12(8-14(15)17)9-18-13-4-5-13/h3,6-8,13,18H,4-5,9H2,1-2H3. The topological polar surface area (TPSA) is 37.8 Å². The number of benzene rings is 1. The largest absolute Gasteiger partial charge is 0.310 e. The first-order valence-corrected chi connectivity index (χ1v) is 8.31. The van der Waals surface area contributed by atoms with Crippen molar-refractivity contribution < 1.29 is 0 Å². The highest BCUT2D eigenvalue weighted by molar-refractivity contribution is 7.99. The smallest absolute Gasteiger partial charge is 0.192 e. The highest BCUT2D eigenvalue weighted by Gasteiger charge is 2.20. The summed E-state index contributed by atoms with van der Waals surface area (Å²) in [4.78, 5) is 9.88. The summed E-state index contributed by atoms with van der Waals surface area (Å²) < 4.78 is 0. The maximum atomic E-state index is 6.39. The van der Waals surface area contributed by atoms with Crippen molar-refractivity contribution in [1.82, 2.24) is 15.3 Å². The summed E-state index contributed by atoms with van der Waals surface area (Å²) in [5.41, 5.74) is 3.18. The lowest BCUT2D eigenvalue weighted by Crippen LogP contribution is -2.15. The zero-order valence-corrected chi connectivity index (χ0v) is 13.8. The van der Waals surface area contributed by atoms with Gasteiger partial charge in [0.25, 0.3) is 0 Å². The van der Waals surface area contributed by atoms with Crippen LogP contribution in [0.3, 0.4) is 0 Å². The van der Waals surface area contributed by atoms with Gasteiger partial charge in [0.15, 0.2) is 5.16 Å². The molecule has 0 atom stereocenters. The molecule has 3 nitrogen and oxygen atoms in total. The molecule has 1 fully saturated rings. The van der Waals surface area contributed by atoms with E-state index in [2.05, 4.69) is 27.4 Å². The van der Waals surface area contributed by atoms with Crippen molar-refractivity contribution in [3.63, 3.8) is 0 Å². The van der Waals surface area contributed by atoms with Gasteiger partial charge in [-0.15, -0.1) is 0 Å². The molecule has 0 amide bonds. The van der Waals surface area contributed by atoms with E-state index in [0.717, 1.165) is 33.0 Å². The van der Waals surface area contributed by atoms with Crippen LogP contribution in [0.5, 0.6) is 0 Å². The maximum Gasteiger partial charge on any atom is 0.192 e. The van der Waals surface area contributed by atoms with Gasteiger partial charge in [-0.2, -0.15) is 0 Å². The van der Waals surface area contributed by atoms with E-state index in [4.69, 9.17) is 11.6 Å². The minimum absolute atomic E-state index is 0.710. The molecule has 21 heavy (non-hydrogen) atoms. The summed E-state index contributed by atoms with van der Waals surface area (Å²) in [5.74, 6) is 0. The van der Waals surface area contributed by atoms with Gasteiger partial charge in [0.05, 0.1) is 5.02 Å². The van der Waals surface area contributed by atoms with Crippen molar-refractivity contribution in [3.8, 4) is 0 Å². The molecule has 1 aromatic heterocycles. The second kappa shape index (κ2) is 6.34. The van der Waals surface area contributed by atoms with E-state index in [1.165, 1.54) is 30.2 Å². The molecule has 3 rings (SSSR count). The summed E-state index contributed by atoms with van der Waals surface area (Å²) in [7, 11) is 0. The molecule has 5 heteroatoms.